The van der Waals surface area contributed by atoms with Crippen LogP contribution in [0.3, 0.4) is 0 Å². The molecule has 21 heavy (non-hydrogen) atoms. The quantitative estimate of drug-likeness (QED) is 0.933. The van der Waals surface area contributed by atoms with Crippen LogP contribution in [0.1, 0.15) is 34.2 Å². The Morgan fingerprint density at radius 3 is 2.76 bits per heavy atom. The largest absolute Gasteiger partial charge is 0.476 e. The molecule has 0 fully saturated rings. The molecule has 3 rings (SSSR count). The molecular weight excluding hydrogens is 266 g/mol. The van der Waals surface area contributed by atoms with Gasteiger partial charge in [0.15, 0.2) is 5.69 Å². The lowest BCUT2D eigenvalue weighted by molar-refractivity contribution is 0.0687. The van der Waals surface area contributed by atoms with Gasteiger partial charge in [-0.2, -0.15) is 5.10 Å². The third-order valence-corrected chi connectivity index (χ3v) is 4.04. The number of hydrogen-bond donors (Lipinski definition) is 1. The Hall–Kier alpha value is -2.14. The van der Waals surface area contributed by atoms with Gasteiger partial charge in [0.05, 0.1) is 6.54 Å². The van der Waals surface area contributed by atoms with Gasteiger partial charge in [-0.15, -0.1) is 0 Å². The molecule has 2 heterocycles. The number of carboxylic acid groups (broad SMARTS) is 1. The molecular formula is C16H19N3O2. The molecule has 0 radical (unpaired) electrons. The number of aromatic nitrogens is 2. The van der Waals surface area contributed by atoms with Crippen LogP contribution in [0, 0.1) is 0 Å². The molecule has 0 atom stereocenters. The van der Waals surface area contributed by atoms with E-state index in [4.69, 9.17) is 0 Å². The van der Waals surface area contributed by atoms with E-state index in [2.05, 4.69) is 16.9 Å². The summed E-state index contributed by atoms with van der Waals surface area (Å²) in [5.41, 5.74) is 3.30. The molecule has 0 bridgehead atoms. The molecule has 1 aromatic heterocycles. The second kappa shape index (κ2) is 5.69. The lowest BCUT2D eigenvalue weighted by Gasteiger charge is -2.26. The van der Waals surface area contributed by atoms with Crippen LogP contribution >= 0.6 is 0 Å². The number of carbonyl (C=O) groups is 1. The van der Waals surface area contributed by atoms with Crippen LogP contribution in [0.15, 0.2) is 30.3 Å². The van der Waals surface area contributed by atoms with Crippen LogP contribution in [0.2, 0.25) is 0 Å². The molecule has 1 aromatic carbocycles. The van der Waals surface area contributed by atoms with E-state index in [1.54, 1.807) is 0 Å². The highest BCUT2D eigenvalue weighted by atomic mass is 16.4. The van der Waals surface area contributed by atoms with Crippen molar-refractivity contribution in [3.8, 4) is 0 Å². The molecule has 5 heteroatoms. The first-order chi connectivity index (χ1) is 10.2. The summed E-state index contributed by atoms with van der Waals surface area (Å²) in [6.07, 6.45) is 0.857. The average Bonchev–Trinajstić information content (AvgIpc) is 2.86. The van der Waals surface area contributed by atoms with Crippen LogP contribution in [-0.2, 0) is 19.5 Å². The topological polar surface area (TPSA) is 58.4 Å². The monoisotopic (exact) mass is 285 g/mol. The first-order valence-corrected chi connectivity index (χ1v) is 7.27. The zero-order valence-electron chi connectivity index (χ0n) is 12.1. The molecule has 1 N–H and O–H groups in total. The Labute approximate surface area is 123 Å². The summed E-state index contributed by atoms with van der Waals surface area (Å²) >= 11 is 0. The van der Waals surface area contributed by atoms with Crippen LogP contribution in [0.4, 0.5) is 0 Å². The van der Waals surface area contributed by atoms with E-state index in [1.807, 2.05) is 35.0 Å². The van der Waals surface area contributed by atoms with Gasteiger partial charge in [0.1, 0.15) is 0 Å². The number of hydrogen-bond acceptors (Lipinski definition) is 3. The molecule has 5 nitrogen and oxygen atoms in total. The van der Waals surface area contributed by atoms with Gasteiger partial charge in [-0.3, -0.25) is 9.58 Å². The van der Waals surface area contributed by atoms with Gasteiger partial charge >= 0.3 is 5.97 Å². The van der Waals surface area contributed by atoms with Crippen molar-refractivity contribution in [3.05, 3.63) is 52.8 Å². The number of aromatic carboxylic acids is 1. The normalized spacial score (nSPS) is 14.9. The fourth-order valence-corrected chi connectivity index (χ4v) is 2.88. The van der Waals surface area contributed by atoms with E-state index in [9.17, 15) is 9.90 Å². The summed E-state index contributed by atoms with van der Waals surface area (Å²) < 4.78 is 1.86. The van der Waals surface area contributed by atoms with Crippen molar-refractivity contribution in [1.29, 1.82) is 0 Å². The minimum atomic E-state index is -0.934. The molecule has 1 aliphatic heterocycles. The van der Waals surface area contributed by atoms with Crippen LogP contribution in [0.5, 0.6) is 0 Å². The average molecular weight is 285 g/mol. The Kier molecular flexibility index (Phi) is 3.75. The third-order valence-electron chi connectivity index (χ3n) is 4.04. The number of nitrogens with zero attached hydrogens (tertiary/aromatic N) is 3. The zero-order valence-corrected chi connectivity index (χ0v) is 12.1. The summed E-state index contributed by atoms with van der Waals surface area (Å²) in [6.45, 7) is 5.30. The Morgan fingerprint density at radius 1 is 1.33 bits per heavy atom. The van der Waals surface area contributed by atoms with Crippen molar-refractivity contribution < 1.29 is 9.90 Å². The first kappa shape index (κ1) is 13.8. The van der Waals surface area contributed by atoms with E-state index in [0.717, 1.165) is 36.3 Å². The minimum Gasteiger partial charge on any atom is -0.476 e. The highest BCUT2D eigenvalue weighted by Gasteiger charge is 2.27. The maximum atomic E-state index is 11.4. The van der Waals surface area contributed by atoms with E-state index < -0.39 is 5.97 Å². The van der Waals surface area contributed by atoms with Crippen LogP contribution in [0.25, 0.3) is 0 Å². The number of rotatable bonds is 4. The van der Waals surface area contributed by atoms with Crippen LogP contribution in [-0.4, -0.2) is 38.8 Å². The first-order valence-electron chi connectivity index (χ1n) is 7.27. The van der Waals surface area contributed by atoms with Gasteiger partial charge in [0, 0.05) is 30.8 Å². The molecule has 0 saturated heterocycles. The summed E-state index contributed by atoms with van der Waals surface area (Å²) in [6, 6.07) is 10.0. The van der Waals surface area contributed by atoms with E-state index in [0.29, 0.717) is 13.1 Å². The predicted molar refractivity (Wildman–Crippen MR) is 79.4 cm³/mol. The molecule has 0 spiro atoms. The van der Waals surface area contributed by atoms with Gasteiger partial charge in [0.2, 0.25) is 0 Å². The van der Waals surface area contributed by atoms with Crippen molar-refractivity contribution in [1.82, 2.24) is 14.7 Å². The summed E-state index contributed by atoms with van der Waals surface area (Å²) in [5.74, 6) is -0.934. The maximum absolute atomic E-state index is 11.4. The molecule has 0 amide bonds. The minimum absolute atomic E-state index is 0.207. The third kappa shape index (κ3) is 2.69. The number of carboxylic acids is 1. The summed E-state index contributed by atoms with van der Waals surface area (Å²) in [7, 11) is 0. The Morgan fingerprint density at radius 2 is 2.10 bits per heavy atom. The summed E-state index contributed by atoms with van der Waals surface area (Å²) in [5, 5.41) is 13.7. The van der Waals surface area contributed by atoms with Gasteiger partial charge in [-0.25, -0.2) is 4.79 Å². The highest BCUT2D eigenvalue weighted by Crippen LogP contribution is 2.23. The van der Waals surface area contributed by atoms with Crippen molar-refractivity contribution in [3.63, 3.8) is 0 Å². The second-order valence-electron chi connectivity index (χ2n) is 5.34. The van der Waals surface area contributed by atoms with E-state index in [-0.39, 0.29) is 5.69 Å². The van der Waals surface area contributed by atoms with Gasteiger partial charge < -0.3 is 5.11 Å². The Balaban J connectivity index is 1.97. The second-order valence-corrected chi connectivity index (χ2v) is 5.34. The standard InChI is InChI=1S/C16H19N3O2/c1-2-18-9-8-14-13(11-18)15(16(20)21)17-19(14)10-12-6-4-3-5-7-12/h3-7H,2,8-11H2,1H3,(H,20,21). The Bertz CT molecular complexity index is 649. The highest BCUT2D eigenvalue weighted by molar-refractivity contribution is 5.87. The summed E-state index contributed by atoms with van der Waals surface area (Å²) in [4.78, 5) is 13.7. The van der Waals surface area contributed by atoms with Crippen molar-refractivity contribution in [2.24, 2.45) is 0 Å². The lowest BCUT2D eigenvalue weighted by Crippen LogP contribution is -2.31. The fraction of sp³-hybridized carbons (Fsp3) is 0.375. The van der Waals surface area contributed by atoms with Crippen LogP contribution < -0.4 is 0 Å². The van der Waals surface area contributed by atoms with Crippen molar-refractivity contribution >= 4 is 5.97 Å². The molecule has 0 saturated carbocycles. The molecule has 1 aliphatic rings. The van der Waals surface area contributed by atoms with Gasteiger partial charge in [-0.05, 0) is 12.1 Å². The number of benzene rings is 1. The van der Waals surface area contributed by atoms with E-state index in [1.165, 1.54) is 0 Å². The van der Waals surface area contributed by atoms with Gasteiger partial charge in [0.25, 0.3) is 0 Å². The van der Waals surface area contributed by atoms with E-state index >= 15 is 0 Å². The van der Waals surface area contributed by atoms with Gasteiger partial charge in [-0.1, -0.05) is 37.3 Å². The molecule has 2 aromatic rings. The maximum Gasteiger partial charge on any atom is 0.356 e. The van der Waals surface area contributed by atoms with Crippen molar-refractivity contribution in [2.75, 3.05) is 13.1 Å². The lowest BCUT2D eigenvalue weighted by atomic mass is 10.0. The number of fused-ring (bicyclic) bond motifs is 1. The smallest absolute Gasteiger partial charge is 0.356 e. The van der Waals surface area contributed by atoms with Crippen molar-refractivity contribution in [2.45, 2.75) is 26.4 Å². The SMILES string of the molecule is CCN1CCc2c(c(C(=O)O)nn2Cc2ccccc2)C1. The zero-order chi connectivity index (χ0) is 14.8. The predicted octanol–water partition coefficient (Wildman–Crippen LogP) is 2.01. The molecule has 110 valence electrons. The molecule has 0 unspecified atom stereocenters. The fourth-order valence-electron chi connectivity index (χ4n) is 2.88. The molecule has 0 aliphatic carbocycles. The number of likely N-dealkylation sites (N-methyl/N-ethyl adjacent to an activating group) is 1.